The molecule has 0 aliphatic carbocycles. The highest BCUT2D eigenvalue weighted by Crippen LogP contribution is 2.39. The average molecular weight is 755 g/mol. The van der Waals surface area contributed by atoms with Crippen LogP contribution in [0.2, 0.25) is 0 Å². The van der Waals surface area contributed by atoms with Gasteiger partial charge >= 0.3 is 0 Å². The topological polar surface area (TPSA) is 117 Å². The fourth-order valence-corrected chi connectivity index (χ4v) is 7.49. The van der Waals surface area contributed by atoms with Crippen molar-refractivity contribution in [1.29, 1.82) is 10.5 Å². The van der Waals surface area contributed by atoms with E-state index < -0.39 is 0 Å². The molecule has 59 heavy (non-hydrogen) atoms. The van der Waals surface area contributed by atoms with E-state index in [4.69, 9.17) is 24.9 Å². The first-order chi connectivity index (χ1) is 29.1. The van der Waals surface area contributed by atoms with Crippen molar-refractivity contribution in [2.24, 2.45) is 0 Å². The first kappa shape index (κ1) is 34.9. The van der Waals surface area contributed by atoms with Gasteiger partial charge in [0.25, 0.3) is 0 Å². The van der Waals surface area contributed by atoms with Crippen LogP contribution in [0.15, 0.2) is 182 Å². The largest absolute Gasteiger partial charge is 0.308 e. The van der Waals surface area contributed by atoms with Crippen LogP contribution >= 0.6 is 0 Å². The second kappa shape index (κ2) is 14.8. The molecule has 0 amide bonds. The Kier molecular flexibility index (Phi) is 8.76. The van der Waals surface area contributed by atoms with Crippen molar-refractivity contribution in [1.82, 2.24) is 29.5 Å². The molecule has 8 heteroatoms. The highest BCUT2D eigenvalue weighted by atomic mass is 15.0. The number of rotatable bonds is 7. The van der Waals surface area contributed by atoms with E-state index in [2.05, 4.69) is 28.8 Å². The Balaban J connectivity index is 1.28. The summed E-state index contributed by atoms with van der Waals surface area (Å²) in [6.07, 6.45) is 0. The number of nitrogens with zero attached hydrogens (tertiary/aromatic N) is 8. The van der Waals surface area contributed by atoms with E-state index in [-0.39, 0.29) is 0 Å². The second-order valence-electron chi connectivity index (χ2n) is 14.0. The number of fused-ring (bicyclic) bond motifs is 3. The zero-order chi connectivity index (χ0) is 39.7. The third-order valence-electron chi connectivity index (χ3n) is 10.3. The highest BCUT2D eigenvalue weighted by Gasteiger charge is 2.22. The molecule has 0 atom stereocenters. The van der Waals surface area contributed by atoms with Gasteiger partial charge in [-0.1, -0.05) is 121 Å². The molecule has 0 aliphatic rings. The molecule has 0 saturated carbocycles. The summed E-state index contributed by atoms with van der Waals surface area (Å²) >= 11 is 0. The van der Waals surface area contributed by atoms with E-state index in [9.17, 15) is 10.5 Å². The summed E-state index contributed by atoms with van der Waals surface area (Å²) in [5.74, 6) is 2.10. The quantitative estimate of drug-likeness (QED) is 0.159. The Hall–Kier alpha value is -8.59. The van der Waals surface area contributed by atoms with Gasteiger partial charge in [-0.05, 0) is 60.7 Å². The van der Waals surface area contributed by atoms with E-state index in [0.717, 1.165) is 72.3 Å². The number of hydrogen-bond acceptors (Lipinski definition) is 7. The summed E-state index contributed by atoms with van der Waals surface area (Å²) < 4.78 is 2.16. The molecule has 0 unspecified atom stereocenters. The van der Waals surface area contributed by atoms with E-state index in [1.807, 2.05) is 170 Å². The third kappa shape index (κ3) is 6.53. The fraction of sp³-hybridized carbons (Fsp3) is 0. The maximum atomic E-state index is 9.91. The van der Waals surface area contributed by atoms with Gasteiger partial charge in [0, 0.05) is 44.2 Å². The molecular weight excluding hydrogens is 725 g/mol. The van der Waals surface area contributed by atoms with Crippen LogP contribution in [0.25, 0.3) is 95.6 Å². The first-order valence-corrected chi connectivity index (χ1v) is 19.0. The van der Waals surface area contributed by atoms with Crippen LogP contribution in [0, 0.1) is 22.7 Å². The van der Waals surface area contributed by atoms with Crippen LogP contribution in [0.4, 0.5) is 0 Å². The van der Waals surface area contributed by atoms with Gasteiger partial charge in [-0.2, -0.15) is 10.5 Å². The van der Waals surface area contributed by atoms with Gasteiger partial charge in [-0.25, -0.2) is 24.9 Å². The third-order valence-corrected chi connectivity index (χ3v) is 10.3. The Bertz CT molecular complexity index is 3090. The molecule has 274 valence electrons. The molecule has 7 aromatic carbocycles. The molecule has 0 radical (unpaired) electrons. The van der Waals surface area contributed by atoms with Crippen LogP contribution < -0.4 is 0 Å². The molecule has 0 N–H and O–H groups in total. The van der Waals surface area contributed by atoms with Crippen molar-refractivity contribution in [3.63, 3.8) is 0 Å². The minimum atomic E-state index is 0.493. The van der Waals surface area contributed by atoms with Crippen LogP contribution in [-0.4, -0.2) is 29.5 Å². The van der Waals surface area contributed by atoms with Crippen LogP contribution in [0.5, 0.6) is 0 Å². The molecule has 0 bridgehead atoms. The molecule has 0 aliphatic heterocycles. The Labute approximate surface area is 339 Å². The SMILES string of the molecule is N#Cc1ccc2c(c1)c1cc(C#N)ccc1n2-c1ccc(-c2nc(-c3ccccc3)nc(-c3ccccc3)n2)cc1-c1nc(-c2ccccc2)cc(-c2ccccc2)n1. The highest BCUT2D eigenvalue weighted by molar-refractivity contribution is 6.10. The van der Waals surface area contributed by atoms with Gasteiger partial charge in [0.2, 0.25) is 0 Å². The molecule has 0 spiro atoms. The van der Waals surface area contributed by atoms with Gasteiger partial charge in [0.1, 0.15) is 0 Å². The predicted octanol–water partition coefficient (Wildman–Crippen LogP) is 11.5. The van der Waals surface area contributed by atoms with Crippen LogP contribution in [0.3, 0.4) is 0 Å². The fourth-order valence-electron chi connectivity index (χ4n) is 7.49. The molecule has 10 aromatic rings. The molecular formula is C51H30N8. The number of nitriles is 2. The van der Waals surface area contributed by atoms with Crippen molar-refractivity contribution in [2.45, 2.75) is 0 Å². The Morgan fingerprint density at radius 2 is 0.780 bits per heavy atom. The lowest BCUT2D eigenvalue weighted by Gasteiger charge is -2.17. The molecule has 3 heterocycles. The Morgan fingerprint density at radius 3 is 1.22 bits per heavy atom. The standard InChI is InChI=1S/C51H30N8/c52-31-33-21-24-45-40(27-33)41-28-34(32-53)22-25-46(41)59(45)47-26-23-39(50-57-48(37-17-9-3-10-18-37)56-49(58-50)38-19-11-4-12-20-38)29-42(47)51-54-43(35-13-5-1-6-14-35)30-44(55-51)36-15-7-2-8-16-36/h1-30H. The van der Waals surface area contributed by atoms with Gasteiger partial charge in [-0.15, -0.1) is 0 Å². The zero-order valence-electron chi connectivity index (χ0n) is 31.4. The van der Waals surface area contributed by atoms with E-state index >= 15 is 0 Å². The monoisotopic (exact) mass is 754 g/mol. The smallest absolute Gasteiger partial charge is 0.164 e. The van der Waals surface area contributed by atoms with Gasteiger partial charge in [0.15, 0.2) is 23.3 Å². The maximum absolute atomic E-state index is 9.91. The molecule has 0 fully saturated rings. The summed E-state index contributed by atoms with van der Waals surface area (Å²) in [7, 11) is 0. The lowest BCUT2D eigenvalue weighted by atomic mass is 10.0. The normalized spacial score (nSPS) is 11.0. The van der Waals surface area contributed by atoms with Gasteiger partial charge < -0.3 is 4.57 Å². The minimum Gasteiger partial charge on any atom is -0.308 e. The summed E-state index contributed by atoms with van der Waals surface area (Å²) in [6.45, 7) is 0. The summed E-state index contributed by atoms with van der Waals surface area (Å²) in [6, 6.07) is 64.0. The van der Waals surface area contributed by atoms with Crippen molar-refractivity contribution < 1.29 is 0 Å². The number of benzene rings is 7. The van der Waals surface area contributed by atoms with Crippen molar-refractivity contribution in [2.75, 3.05) is 0 Å². The average Bonchev–Trinajstić information content (AvgIpc) is 3.64. The second-order valence-corrected chi connectivity index (χ2v) is 14.0. The van der Waals surface area contributed by atoms with E-state index in [1.165, 1.54) is 0 Å². The molecule has 3 aromatic heterocycles. The maximum Gasteiger partial charge on any atom is 0.164 e. The van der Waals surface area contributed by atoms with E-state index in [1.54, 1.807) is 0 Å². The molecule has 0 saturated heterocycles. The van der Waals surface area contributed by atoms with Gasteiger partial charge in [0.05, 0.1) is 51.4 Å². The number of aromatic nitrogens is 6. The molecule has 8 nitrogen and oxygen atoms in total. The summed E-state index contributed by atoms with van der Waals surface area (Å²) in [4.78, 5) is 25.6. The van der Waals surface area contributed by atoms with Crippen molar-refractivity contribution in [3.8, 4) is 85.9 Å². The molecule has 10 rings (SSSR count). The zero-order valence-corrected chi connectivity index (χ0v) is 31.4. The first-order valence-electron chi connectivity index (χ1n) is 19.0. The van der Waals surface area contributed by atoms with Gasteiger partial charge in [-0.3, -0.25) is 0 Å². The lowest BCUT2D eigenvalue weighted by Crippen LogP contribution is -2.04. The predicted molar refractivity (Wildman–Crippen MR) is 232 cm³/mol. The minimum absolute atomic E-state index is 0.493. The lowest BCUT2D eigenvalue weighted by molar-refractivity contribution is 1.07. The summed E-state index contributed by atoms with van der Waals surface area (Å²) in [5.41, 5.74) is 10.2. The Morgan fingerprint density at radius 1 is 0.356 bits per heavy atom. The van der Waals surface area contributed by atoms with Crippen LogP contribution in [0.1, 0.15) is 11.1 Å². The van der Waals surface area contributed by atoms with Crippen LogP contribution in [-0.2, 0) is 0 Å². The van der Waals surface area contributed by atoms with Crippen molar-refractivity contribution in [3.05, 3.63) is 193 Å². The van der Waals surface area contributed by atoms with Crippen molar-refractivity contribution >= 4 is 21.8 Å². The number of hydrogen-bond donors (Lipinski definition) is 0. The van der Waals surface area contributed by atoms with E-state index in [0.29, 0.717) is 34.4 Å². The summed E-state index contributed by atoms with van der Waals surface area (Å²) in [5, 5.41) is 21.5.